The van der Waals surface area contributed by atoms with Gasteiger partial charge in [0.25, 0.3) is 0 Å². The SMILES string of the molecule is CCc1cccc(C)c1NC(=S)N1CCn2cccc2[C@H]1c1cc(OC)c(OC)c(OC)c1. The molecule has 0 spiro atoms. The Hall–Kier alpha value is -3.19. The van der Waals surface area contributed by atoms with Gasteiger partial charge in [-0.3, -0.25) is 0 Å². The Morgan fingerprint density at radius 3 is 2.39 bits per heavy atom. The molecule has 0 fully saturated rings. The van der Waals surface area contributed by atoms with E-state index in [9.17, 15) is 0 Å². The monoisotopic (exact) mass is 465 g/mol. The van der Waals surface area contributed by atoms with Gasteiger partial charge in [-0.25, -0.2) is 0 Å². The van der Waals surface area contributed by atoms with Crippen molar-refractivity contribution in [3.63, 3.8) is 0 Å². The van der Waals surface area contributed by atoms with E-state index < -0.39 is 0 Å². The summed E-state index contributed by atoms with van der Waals surface area (Å²) in [5.74, 6) is 1.83. The second kappa shape index (κ2) is 9.75. The van der Waals surface area contributed by atoms with Crippen molar-refractivity contribution in [1.82, 2.24) is 9.47 Å². The zero-order chi connectivity index (χ0) is 23.5. The van der Waals surface area contributed by atoms with Gasteiger partial charge in [-0.2, -0.15) is 0 Å². The van der Waals surface area contributed by atoms with Crippen LogP contribution in [0.1, 0.15) is 35.3 Å². The van der Waals surface area contributed by atoms with Crippen molar-refractivity contribution >= 4 is 23.0 Å². The van der Waals surface area contributed by atoms with E-state index in [1.807, 2.05) is 12.1 Å². The van der Waals surface area contributed by atoms with Crippen LogP contribution in [0, 0.1) is 6.92 Å². The number of fused-ring (bicyclic) bond motifs is 1. The third kappa shape index (κ3) is 4.25. The number of benzene rings is 2. The number of thiocarbonyl (C=S) groups is 1. The summed E-state index contributed by atoms with van der Waals surface area (Å²) in [5.41, 5.74) is 5.71. The molecule has 174 valence electrons. The Kier molecular flexibility index (Phi) is 6.79. The standard InChI is InChI=1S/C26H31N3O3S/c1-6-18-10-7-9-17(2)23(18)27-26(33)29-14-13-28-12-8-11-20(28)24(29)19-15-21(30-3)25(32-5)22(16-19)31-4/h7-12,15-16,24H,6,13-14H2,1-5H3,(H,27,33)/t24-/m1/s1. The molecule has 2 aromatic carbocycles. The van der Waals surface area contributed by atoms with Crippen LogP contribution >= 0.6 is 12.2 Å². The summed E-state index contributed by atoms with van der Waals surface area (Å²) in [7, 11) is 4.89. The molecule has 0 unspecified atom stereocenters. The first-order chi connectivity index (χ1) is 16.0. The average molecular weight is 466 g/mol. The first-order valence-corrected chi connectivity index (χ1v) is 11.5. The Balaban J connectivity index is 1.78. The predicted molar refractivity (Wildman–Crippen MR) is 136 cm³/mol. The summed E-state index contributed by atoms with van der Waals surface area (Å²) >= 11 is 5.99. The van der Waals surface area contributed by atoms with Gasteiger partial charge in [-0.15, -0.1) is 0 Å². The fourth-order valence-electron chi connectivity index (χ4n) is 4.59. The number of nitrogens with zero attached hydrogens (tertiary/aromatic N) is 2. The molecule has 33 heavy (non-hydrogen) atoms. The second-order valence-corrected chi connectivity index (χ2v) is 8.46. The molecule has 6 nitrogen and oxygen atoms in total. The van der Waals surface area contributed by atoms with Gasteiger partial charge in [0.2, 0.25) is 5.75 Å². The minimum Gasteiger partial charge on any atom is -0.493 e. The summed E-state index contributed by atoms with van der Waals surface area (Å²) < 4.78 is 19.1. The van der Waals surface area contributed by atoms with Crippen molar-refractivity contribution < 1.29 is 14.2 Å². The quantitative estimate of drug-likeness (QED) is 0.506. The van der Waals surface area contributed by atoms with E-state index in [0.29, 0.717) is 22.4 Å². The Morgan fingerprint density at radius 1 is 1.03 bits per heavy atom. The summed E-state index contributed by atoms with van der Waals surface area (Å²) in [6.45, 7) is 5.92. The maximum atomic E-state index is 5.99. The van der Waals surface area contributed by atoms with Crippen LogP contribution in [0.2, 0.25) is 0 Å². The van der Waals surface area contributed by atoms with E-state index in [2.05, 4.69) is 65.2 Å². The second-order valence-electron chi connectivity index (χ2n) is 8.07. The molecule has 0 aliphatic carbocycles. The largest absolute Gasteiger partial charge is 0.493 e. The van der Waals surface area contributed by atoms with Gasteiger partial charge < -0.3 is 29.0 Å². The molecule has 7 heteroatoms. The van der Waals surface area contributed by atoms with Crippen LogP contribution in [0.3, 0.4) is 0 Å². The van der Waals surface area contributed by atoms with Gasteiger partial charge in [0.05, 0.1) is 27.4 Å². The molecule has 3 aromatic rings. The minimum atomic E-state index is -0.100. The molecule has 1 atom stereocenters. The zero-order valence-corrected chi connectivity index (χ0v) is 20.7. The lowest BCUT2D eigenvalue weighted by Crippen LogP contribution is -2.44. The van der Waals surface area contributed by atoms with Crippen LogP contribution in [-0.2, 0) is 13.0 Å². The molecule has 1 aliphatic heterocycles. The lowest BCUT2D eigenvalue weighted by molar-refractivity contribution is 0.288. The first-order valence-electron chi connectivity index (χ1n) is 11.1. The van der Waals surface area contributed by atoms with Crippen LogP contribution in [0.4, 0.5) is 5.69 Å². The van der Waals surface area contributed by atoms with E-state index in [4.69, 9.17) is 26.4 Å². The average Bonchev–Trinajstić information content (AvgIpc) is 3.32. The van der Waals surface area contributed by atoms with Crippen molar-refractivity contribution in [3.8, 4) is 17.2 Å². The number of methoxy groups -OCH3 is 3. The molecule has 1 N–H and O–H groups in total. The molecule has 1 aliphatic rings. The highest BCUT2D eigenvalue weighted by molar-refractivity contribution is 7.80. The topological polar surface area (TPSA) is 47.9 Å². The van der Waals surface area contributed by atoms with Crippen molar-refractivity contribution in [3.05, 3.63) is 71.0 Å². The van der Waals surface area contributed by atoms with Gasteiger partial charge in [-0.05, 0) is 66.5 Å². The Labute approximate surface area is 201 Å². The molecule has 2 heterocycles. The molecular formula is C26H31N3O3S. The maximum absolute atomic E-state index is 5.99. The number of hydrogen-bond donors (Lipinski definition) is 1. The van der Waals surface area contributed by atoms with Gasteiger partial charge in [0, 0.05) is 30.7 Å². The van der Waals surface area contributed by atoms with E-state index in [1.165, 1.54) is 16.8 Å². The number of rotatable bonds is 6. The van der Waals surface area contributed by atoms with Gasteiger partial charge in [0.15, 0.2) is 16.6 Å². The molecule has 0 bridgehead atoms. The van der Waals surface area contributed by atoms with Crippen LogP contribution in [0.25, 0.3) is 0 Å². The number of anilines is 1. The number of aryl methyl sites for hydroxylation is 2. The zero-order valence-electron chi connectivity index (χ0n) is 19.8. The van der Waals surface area contributed by atoms with E-state index in [1.54, 1.807) is 21.3 Å². The van der Waals surface area contributed by atoms with E-state index in [-0.39, 0.29) is 6.04 Å². The fourth-order valence-corrected chi connectivity index (χ4v) is 4.89. The van der Waals surface area contributed by atoms with Gasteiger partial charge >= 0.3 is 0 Å². The molecule has 0 saturated heterocycles. The number of para-hydroxylation sites is 1. The number of hydrogen-bond acceptors (Lipinski definition) is 4. The van der Waals surface area contributed by atoms with E-state index in [0.717, 1.165) is 30.8 Å². The highest BCUT2D eigenvalue weighted by atomic mass is 32.1. The minimum absolute atomic E-state index is 0.100. The van der Waals surface area contributed by atoms with Crippen LogP contribution in [0.15, 0.2) is 48.7 Å². The predicted octanol–water partition coefficient (Wildman–Crippen LogP) is 5.19. The lowest BCUT2D eigenvalue weighted by atomic mass is 9.99. The maximum Gasteiger partial charge on any atom is 0.203 e. The van der Waals surface area contributed by atoms with Crippen molar-refractivity contribution in [2.24, 2.45) is 0 Å². The Morgan fingerprint density at radius 2 is 1.76 bits per heavy atom. The number of nitrogens with one attached hydrogen (secondary N) is 1. The molecule has 0 radical (unpaired) electrons. The summed E-state index contributed by atoms with van der Waals surface area (Å²) in [6, 6.07) is 14.5. The molecule has 4 rings (SSSR count). The third-order valence-corrected chi connectivity index (χ3v) is 6.61. The van der Waals surface area contributed by atoms with Crippen molar-refractivity contribution in [2.45, 2.75) is 32.9 Å². The van der Waals surface area contributed by atoms with Crippen LogP contribution in [0.5, 0.6) is 17.2 Å². The van der Waals surface area contributed by atoms with Crippen molar-refractivity contribution in [1.29, 1.82) is 0 Å². The smallest absolute Gasteiger partial charge is 0.203 e. The van der Waals surface area contributed by atoms with Crippen molar-refractivity contribution in [2.75, 3.05) is 33.2 Å². The van der Waals surface area contributed by atoms with Gasteiger partial charge in [-0.1, -0.05) is 25.1 Å². The summed E-state index contributed by atoms with van der Waals surface area (Å²) in [6.07, 6.45) is 3.05. The number of ether oxygens (including phenoxy) is 3. The third-order valence-electron chi connectivity index (χ3n) is 6.27. The molecule has 0 saturated carbocycles. The fraction of sp³-hybridized carbons (Fsp3) is 0.346. The van der Waals surface area contributed by atoms with E-state index >= 15 is 0 Å². The highest BCUT2D eigenvalue weighted by Gasteiger charge is 2.32. The summed E-state index contributed by atoms with van der Waals surface area (Å²) in [5, 5.41) is 4.26. The molecule has 1 aromatic heterocycles. The normalized spacial score (nSPS) is 15.1. The van der Waals surface area contributed by atoms with Crippen LogP contribution < -0.4 is 19.5 Å². The van der Waals surface area contributed by atoms with Gasteiger partial charge in [0.1, 0.15) is 0 Å². The number of aromatic nitrogens is 1. The lowest BCUT2D eigenvalue weighted by Gasteiger charge is -2.39. The first kappa shape index (κ1) is 23.0. The highest BCUT2D eigenvalue weighted by Crippen LogP contribution is 2.43. The molecular weight excluding hydrogens is 434 g/mol. The summed E-state index contributed by atoms with van der Waals surface area (Å²) in [4.78, 5) is 2.25. The molecule has 0 amide bonds. The Bertz CT molecular complexity index is 1130. The van der Waals surface area contributed by atoms with Crippen LogP contribution in [-0.4, -0.2) is 42.5 Å².